The predicted octanol–water partition coefficient (Wildman–Crippen LogP) is 11.5. The highest BCUT2D eigenvalue weighted by molar-refractivity contribution is 5.70. The minimum absolute atomic E-state index is 0.168. The predicted molar refractivity (Wildman–Crippen MR) is 194 cm³/mol. The molecule has 0 N–H and O–H groups in total. The number of hydrogen-bond acceptors (Lipinski definition) is 5. The zero-order valence-corrected chi connectivity index (χ0v) is 30.4. The zero-order valence-electron chi connectivity index (χ0n) is 30.4. The maximum atomic E-state index is 13.0. The van der Waals surface area contributed by atoms with E-state index in [-0.39, 0.29) is 11.9 Å². The van der Waals surface area contributed by atoms with Crippen LogP contribution < -0.4 is 0 Å². The van der Waals surface area contributed by atoms with Crippen LogP contribution in [0.4, 0.5) is 0 Å². The topological polar surface area (TPSA) is 55.8 Å². The molecule has 0 bridgehead atoms. The first-order valence-corrected chi connectivity index (χ1v) is 18.9. The Balaban J connectivity index is 5.28. The van der Waals surface area contributed by atoms with E-state index in [4.69, 9.17) is 9.47 Å². The Bertz CT molecular complexity index is 757. The van der Waals surface area contributed by atoms with Crippen molar-refractivity contribution in [2.75, 3.05) is 20.6 Å². The summed E-state index contributed by atoms with van der Waals surface area (Å²) >= 11 is 0. The van der Waals surface area contributed by atoms with Crippen LogP contribution in [0.1, 0.15) is 175 Å². The van der Waals surface area contributed by atoms with Gasteiger partial charge in [0.2, 0.25) is 0 Å². The molecule has 262 valence electrons. The molecule has 0 saturated heterocycles. The van der Waals surface area contributed by atoms with Crippen LogP contribution in [-0.4, -0.2) is 49.7 Å². The second kappa shape index (κ2) is 33.5. The minimum atomic E-state index is -0.394. The normalized spacial score (nSPS) is 13.4. The average Bonchev–Trinajstić information content (AvgIpc) is 3.02. The van der Waals surface area contributed by atoms with Crippen LogP contribution in [0.3, 0.4) is 0 Å². The highest BCUT2D eigenvalue weighted by Gasteiger charge is 2.28. The molecule has 0 heterocycles. The molecule has 0 aliphatic rings. The lowest BCUT2D eigenvalue weighted by molar-refractivity contribution is -0.169. The van der Waals surface area contributed by atoms with E-state index >= 15 is 0 Å². The van der Waals surface area contributed by atoms with Gasteiger partial charge in [-0.1, -0.05) is 95.8 Å². The molecular weight excluding hydrogens is 558 g/mol. The Hall–Kier alpha value is -1.88. The van der Waals surface area contributed by atoms with Gasteiger partial charge >= 0.3 is 11.9 Å². The molecule has 45 heavy (non-hydrogen) atoms. The lowest BCUT2D eigenvalue weighted by Gasteiger charge is -2.27. The number of ether oxygens (including phenoxy) is 2. The molecule has 0 rings (SSSR count). The minimum Gasteiger partial charge on any atom is -0.458 e. The summed E-state index contributed by atoms with van der Waals surface area (Å²) in [7, 11) is 4.10. The molecule has 2 atom stereocenters. The first-order valence-electron chi connectivity index (χ1n) is 18.9. The number of carbonyl (C=O) groups excluding carboxylic acids is 2. The van der Waals surface area contributed by atoms with E-state index in [0.29, 0.717) is 25.7 Å². The van der Waals surface area contributed by atoms with Gasteiger partial charge in [0.05, 0.1) is 0 Å². The second-order valence-electron chi connectivity index (χ2n) is 13.0. The molecule has 0 aromatic rings. The summed E-state index contributed by atoms with van der Waals surface area (Å²) in [5.74, 6) is -0.337. The fourth-order valence-corrected chi connectivity index (χ4v) is 5.28. The Morgan fingerprint density at radius 2 is 0.844 bits per heavy atom. The summed E-state index contributed by atoms with van der Waals surface area (Å²) in [5, 5.41) is 0. The van der Waals surface area contributed by atoms with Gasteiger partial charge in [0.15, 0.2) is 0 Å². The smallest absolute Gasteiger partial charge is 0.306 e. The Labute approximate surface area is 279 Å². The van der Waals surface area contributed by atoms with Crippen molar-refractivity contribution < 1.29 is 19.1 Å². The summed E-state index contributed by atoms with van der Waals surface area (Å²) in [4.78, 5) is 28.1. The zero-order chi connectivity index (χ0) is 33.2. The SMILES string of the molecule is CCCCC/C=C\CCCC(=O)OC(CCC/C=C\CCCCC)C(CCC/C=C\CCCCC)OC(=O)CCCCN(C)C. The molecule has 0 aliphatic heterocycles. The molecule has 0 spiro atoms. The van der Waals surface area contributed by atoms with Crippen molar-refractivity contribution in [2.24, 2.45) is 0 Å². The number of esters is 2. The van der Waals surface area contributed by atoms with Crippen LogP contribution >= 0.6 is 0 Å². The van der Waals surface area contributed by atoms with E-state index in [1.165, 1.54) is 57.8 Å². The Morgan fingerprint density at radius 3 is 1.22 bits per heavy atom. The molecule has 0 radical (unpaired) electrons. The Kier molecular flexibility index (Phi) is 32.1. The number of rotatable bonds is 32. The molecule has 0 aromatic heterocycles. The molecule has 0 aromatic carbocycles. The van der Waals surface area contributed by atoms with Gasteiger partial charge in [-0.25, -0.2) is 0 Å². The first kappa shape index (κ1) is 43.1. The van der Waals surface area contributed by atoms with Gasteiger partial charge in [0.25, 0.3) is 0 Å². The lowest BCUT2D eigenvalue weighted by atomic mass is 10.0. The molecule has 5 nitrogen and oxygen atoms in total. The summed E-state index contributed by atoms with van der Waals surface area (Å²) in [6.45, 7) is 7.64. The van der Waals surface area contributed by atoms with Gasteiger partial charge in [-0.15, -0.1) is 0 Å². The number of nitrogens with zero attached hydrogens (tertiary/aromatic N) is 1. The van der Waals surface area contributed by atoms with Crippen LogP contribution in [-0.2, 0) is 19.1 Å². The quantitative estimate of drug-likeness (QED) is 0.0420. The summed E-state index contributed by atoms with van der Waals surface area (Å²) in [6.07, 6.45) is 36.8. The van der Waals surface area contributed by atoms with E-state index in [9.17, 15) is 9.59 Å². The summed E-state index contributed by atoms with van der Waals surface area (Å²) < 4.78 is 12.2. The number of hydrogen-bond donors (Lipinski definition) is 0. The molecule has 0 aliphatic carbocycles. The van der Waals surface area contributed by atoms with Crippen LogP contribution in [0.15, 0.2) is 36.5 Å². The van der Waals surface area contributed by atoms with Gasteiger partial charge in [0.1, 0.15) is 12.2 Å². The highest BCUT2D eigenvalue weighted by Crippen LogP contribution is 2.21. The van der Waals surface area contributed by atoms with E-state index in [2.05, 4.69) is 76.2 Å². The third kappa shape index (κ3) is 30.5. The third-order valence-electron chi connectivity index (χ3n) is 8.11. The van der Waals surface area contributed by atoms with Crippen LogP contribution in [0.2, 0.25) is 0 Å². The first-order chi connectivity index (χ1) is 21.9. The largest absolute Gasteiger partial charge is 0.458 e. The fraction of sp³-hybridized carbons (Fsp3) is 0.800. The lowest BCUT2D eigenvalue weighted by Crippen LogP contribution is -2.35. The van der Waals surface area contributed by atoms with Gasteiger partial charge < -0.3 is 14.4 Å². The maximum Gasteiger partial charge on any atom is 0.306 e. The van der Waals surface area contributed by atoms with Crippen molar-refractivity contribution in [3.8, 4) is 0 Å². The van der Waals surface area contributed by atoms with Crippen molar-refractivity contribution in [1.29, 1.82) is 0 Å². The molecule has 0 amide bonds. The molecule has 0 fully saturated rings. The van der Waals surface area contributed by atoms with E-state index in [0.717, 1.165) is 77.2 Å². The van der Waals surface area contributed by atoms with Crippen molar-refractivity contribution in [1.82, 2.24) is 4.90 Å². The summed E-state index contributed by atoms with van der Waals surface area (Å²) in [6, 6.07) is 0. The van der Waals surface area contributed by atoms with Crippen molar-refractivity contribution in [3.63, 3.8) is 0 Å². The molecule has 0 saturated carbocycles. The van der Waals surface area contributed by atoms with Gasteiger partial charge in [0, 0.05) is 12.8 Å². The van der Waals surface area contributed by atoms with Crippen molar-refractivity contribution in [2.45, 2.75) is 187 Å². The van der Waals surface area contributed by atoms with Crippen molar-refractivity contribution >= 4 is 11.9 Å². The van der Waals surface area contributed by atoms with E-state index in [1.807, 2.05) is 0 Å². The number of carbonyl (C=O) groups is 2. The molecular formula is C40H73NO4. The van der Waals surface area contributed by atoms with Crippen molar-refractivity contribution in [3.05, 3.63) is 36.5 Å². The van der Waals surface area contributed by atoms with Crippen LogP contribution in [0.5, 0.6) is 0 Å². The average molecular weight is 632 g/mol. The van der Waals surface area contributed by atoms with Gasteiger partial charge in [-0.3, -0.25) is 9.59 Å². The van der Waals surface area contributed by atoms with Crippen LogP contribution in [0.25, 0.3) is 0 Å². The summed E-state index contributed by atoms with van der Waals surface area (Å²) in [5.41, 5.74) is 0. The fourth-order valence-electron chi connectivity index (χ4n) is 5.28. The van der Waals surface area contributed by atoms with Gasteiger partial charge in [-0.2, -0.15) is 0 Å². The molecule has 5 heteroatoms. The Morgan fingerprint density at radius 1 is 0.489 bits per heavy atom. The monoisotopic (exact) mass is 632 g/mol. The third-order valence-corrected chi connectivity index (χ3v) is 8.11. The highest BCUT2D eigenvalue weighted by atomic mass is 16.6. The number of allylic oxidation sites excluding steroid dienone is 6. The molecule has 2 unspecified atom stereocenters. The maximum absolute atomic E-state index is 13.0. The van der Waals surface area contributed by atoms with E-state index in [1.54, 1.807) is 0 Å². The van der Waals surface area contributed by atoms with Gasteiger partial charge in [-0.05, 0) is 123 Å². The number of unbranched alkanes of at least 4 members (excludes halogenated alkanes) is 13. The second-order valence-corrected chi connectivity index (χ2v) is 13.0. The standard InChI is InChI=1S/C40H73NO4/c1-6-9-12-15-18-21-24-27-32-37(44-39(42)34-29-26-23-20-17-14-11-8-3)38(33-28-25-22-19-16-13-10-7-2)45-40(43)35-30-31-36-41(4)5/h18-23,37-38H,6-17,24-36H2,1-5H3/b21-18-,22-19-,23-20-. The van der Waals surface area contributed by atoms with Crippen LogP contribution in [0, 0.1) is 0 Å². The van der Waals surface area contributed by atoms with E-state index < -0.39 is 12.2 Å².